The standard InChI is InChI=1S/C16H24NO7P/c1-3-21-16(19)12(2)17-25(20,24-13-7-5-4-6-8-13)23-11-15-14(18)9-10-22-15/h4-8,12,14-15,18H,3,9-11H2,1-2H3,(H,17,20)/t12-,14+,15+,25?/m0/s1. The Balaban J connectivity index is 2.06. The normalized spacial score (nSPS) is 23.6. The molecule has 1 aliphatic rings. The second-order valence-corrected chi connectivity index (χ2v) is 7.26. The van der Waals surface area contributed by atoms with Gasteiger partial charge in [0.05, 0.1) is 19.3 Å². The third kappa shape index (κ3) is 6.09. The maximum atomic E-state index is 13.1. The summed E-state index contributed by atoms with van der Waals surface area (Å²) in [6.45, 7) is 3.67. The molecule has 0 amide bonds. The van der Waals surface area contributed by atoms with Crippen LogP contribution in [0.1, 0.15) is 20.3 Å². The number of para-hydroxylation sites is 1. The molecule has 25 heavy (non-hydrogen) atoms. The number of carbonyl (C=O) groups is 1. The lowest BCUT2D eigenvalue weighted by Gasteiger charge is -2.24. The molecule has 0 bridgehead atoms. The van der Waals surface area contributed by atoms with Crippen LogP contribution in [0.15, 0.2) is 30.3 Å². The Morgan fingerprint density at radius 3 is 2.76 bits per heavy atom. The highest BCUT2D eigenvalue weighted by molar-refractivity contribution is 7.52. The molecule has 0 radical (unpaired) electrons. The number of carbonyl (C=O) groups excluding carboxylic acids is 1. The maximum Gasteiger partial charge on any atom is 0.459 e. The van der Waals surface area contributed by atoms with Crippen LogP contribution < -0.4 is 9.61 Å². The molecule has 1 saturated heterocycles. The van der Waals surface area contributed by atoms with Gasteiger partial charge in [-0.1, -0.05) is 18.2 Å². The second kappa shape index (κ2) is 9.31. The first-order valence-electron chi connectivity index (χ1n) is 8.17. The number of rotatable bonds is 9. The van der Waals surface area contributed by atoms with E-state index in [0.717, 1.165) is 0 Å². The summed E-state index contributed by atoms with van der Waals surface area (Å²) >= 11 is 0. The van der Waals surface area contributed by atoms with Crippen molar-refractivity contribution in [1.82, 2.24) is 5.09 Å². The Morgan fingerprint density at radius 1 is 1.44 bits per heavy atom. The van der Waals surface area contributed by atoms with Gasteiger partial charge in [0.15, 0.2) is 0 Å². The van der Waals surface area contributed by atoms with Crippen LogP contribution >= 0.6 is 7.75 Å². The van der Waals surface area contributed by atoms with Gasteiger partial charge in [0, 0.05) is 6.61 Å². The monoisotopic (exact) mass is 373 g/mol. The molecule has 1 fully saturated rings. The molecule has 1 aromatic carbocycles. The van der Waals surface area contributed by atoms with Crippen LogP contribution in [0.3, 0.4) is 0 Å². The zero-order valence-electron chi connectivity index (χ0n) is 14.3. The Bertz CT molecular complexity index is 597. The van der Waals surface area contributed by atoms with Gasteiger partial charge in [-0.2, -0.15) is 5.09 Å². The van der Waals surface area contributed by atoms with Gasteiger partial charge in [-0.15, -0.1) is 0 Å². The van der Waals surface area contributed by atoms with E-state index in [1.807, 2.05) is 0 Å². The lowest BCUT2D eigenvalue weighted by Crippen LogP contribution is -2.36. The highest BCUT2D eigenvalue weighted by Gasteiger charge is 2.35. The van der Waals surface area contributed by atoms with E-state index in [1.54, 1.807) is 37.3 Å². The molecular weight excluding hydrogens is 349 g/mol. The Kier molecular flexibility index (Phi) is 7.40. The number of nitrogens with one attached hydrogen (secondary N) is 1. The minimum atomic E-state index is -3.90. The molecule has 2 rings (SSSR count). The maximum absolute atomic E-state index is 13.1. The predicted molar refractivity (Wildman–Crippen MR) is 90.2 cm³/mol. The number of ether oxygens (including phenoxy) is 2. The zero-order valence-corrected chi connectivity index (χ0v) is 15.2. The summed E-state index contributed by atoms with van der Waals surface area (Å²) in [4.78, 5) is 11.8. The van der Waals surface area contributed by atoms with Gasteiger partial charge in [-0.05, 0) is 32.4 Å². The molecule has 9 heteroatoms. The van der Waals surface area contributed by atoms with E-state index in [9.17, 15) is 14.5 Å². The smallest absolute Gasteiger partial charge is 0.459 e. The molecule has 0 aromatic heterocycles. The molecule has 1 unspecified atom stereocenters. The Hall–Kier alpha value is -1.44. The zero-order chi connectivity index (χ0) is 18.3. The van der Waals surface area contributed by atoms with Gasteiger partial charge < -0.3 is 19.1 Å². The van der Waals surface area contributed by atoms with Crippen LogP contribution in [-0.2, 0) is 23.4 Å². The average molecular weight is 373 g/mol. The number of benzene rings is 1. The van der Waals surface area contributed by atoms with Crippen LogP contribution in [0.4, 0.5) is 0 Å². The fourth-order valence-corrected chi connectivity index (χ4v) is 3.74. The van der Waals surface area contributed by atoms with Crippen molar-refractivity contribution in [3.63, 3.8) is 0 Å². The van der Waals surface area contributed by atoms with Crippen molar-refractivity contribution >= 4 is 13.7 Å². The van der Waals surface area contributed by atoms with Gasteiger partial charge in [0.2, 0.25) is 0 Å². The van der Waals surface area contributed by atoms with Gasteiger partial charge in [0.1, 0.15) is 17.9 Å². The SMILES string of the molecule is CCOC(=O)[C@H](C)NP(=O)(OC[C@H]1OCC[C@H]1O)Oc1ccccc1. The van der Waals surface area contributed by atoms with E-state index in [2.05, 4.69) is 5.09 Å². The summed E-state index contributed by atoms with van der Waals surface area (Å²) in [6, 6.07) is 7.57. The van der Waals surface area contributed by atoms with E-state index < -0.39 is 32.0 Å². The minimum absolute atomic E-state index is 0.131. The third-order valence-electron chi connectivity index (χ3n) is 3.54. The van der Waals surface area contributed by atoms with Gasteiger partial charge in [0.25, 0.3) is 0 Å². The van der Waals surface area contributed by atoms with Crippen LogP contribution in [0, 0.1) is 0 Å². The summed E-state index contributed by atoms with van der Waals surface area (Å²) in [7, 11) is -3.90. The first-order chi connectivity index (χ1) is 11.9. The van der Waals surface area contributed by atoms with Crippen molar-refractivity contribution in [3.05, 3.63) is 30.3 Å². The molecule has 0 spiro atoms. The molecule has 140 valence electrons. The van der Waals surface area contributed by atoms with Crippen LogP contribution in [0.2, 0.25) is 0 Å². The molecular formula is C16H24NO7P. The molecule has 8 nitrogen and oxygen atoms in total. The van der Waals surface area contributed by atoms with E-state index >= 15 is 0 Å². The summed E-state index contributed by atoms with van der Waals surface area (Å²) in [5.74, 6) is -0.248. The quantitative estimate of drug-likeness (QED) is 0.500. The van der Waals surface area contributed by atoms with Gasteiger partial charge >= 0.3 is 13.7 Å². The van der Waals surface area contributed by atoms with Crippen molar-refractivity contribution in [1.29, 1.82) is 0 Å². The first-order valence-corrected chi connectivity index (χ1v) is 9.71. The molecule has 2 N–H and O–H groups in total. The van der Waals surface area contributed by atoms with Crippen molar-refractivity contribution in [2.24, 2.45) is 0 Å². The highest BCUT2D eigenvalue weighted by Crippen LogP contribution is 2.45. The van der Waals surface area contributed by atoms with E-state index in [4.69, 9.17) is 18.5 Å². The predicted octanol–water partition coefficient (Wildman–Crippen LogP) is 1.88. The van der Waals surface area contributed by atoms with Gasteiger partial charge in [-0.25, -0.2) is 4.57 Å². The first kappa shape index (κ1) is 19.9. The van der Waals surface area contributed by atoms with Crippen molar-refractivity contribution in [2.45, 2.75) is 38.5 Å². The summed E-state index contributed by atoms with van der Waals surface area (Å²) < 4.78 is 34.2. The fourth-order valence-electron chi connectivity index (χ4n) is 2.24. The van der Waals surface area contributed by atoms with Crippen molar-refractivity contribution in [2.75, 3.05) is 19.8 Å². The topological polar surface area (TPSA) is 103 Å². The number of aliphatic hydroxyl groups excluding tert-OH is 1. The molecule has 0 saturated carbocycles. The molecule has 1 heterocycles. The molecule has 4 atom stereocenters. The van der Waals surface area contributed by atoms with Gasteiger partial charge in [-0.3, -0.25) is 9.32 Å². The molecule has 1 aromatic rings. The fraction of sp³-hybridized carbons (Fsp3) is 0.562. The molecule has 1 aliphatic heterocycles. The second-order valence-electron chi connectivity index (χ2n) is 5.57. The summed E-state index contributed by atoms with van der Waals surface area (Å²) in [5.41, 5.74) is 0. The van der Waals surface area contributed by atoms with Crippen LogP contribution in [0.25, 0.3) is 0 Å². The minimum Gasteiger partial charge on any atom is -0.465 e. The average Bonchev–Trinajstić information content (AvgIpc) is 2.99. The number of hydrogen-bond acceptors (Lipinski definition) is 7. The number of hydrogen-bond donors (Lipinski definition) is 2. The van der Waals surface area contributed by atoms with Crippen molar-refractivity contribution in [3.8, 4) is 5.75 Å². The Morgan fingerprint density at radius 2 is 2.16 bits per heavy atom. The van der Waals surface area contributed by atoms with E-state index in [1.165, 1.54) is 6.92 Å². The van der Waals surface area contributed by atoms with E-state index in [-0.39, 0.29) is 13.2 Å². The third-order valence-corrected chi connectivity index (χ3v) is 5.19. The van der Waals surface area contributed by atoms with Crippen LogP contribution in [0.5, 0.6) is 5.75 Å². The molecule has 0 aliphatic carbocycles. The van der Waals surface area contributed by atoms with Crippen LogP contribution in [-0.4, -0.2) is 49.1 Å². The number of aliphatic hydroxyl groups is 1. The summed E-state index contributed by atoms with van der Waals surface area (Å²) in [5, 5.41) is 12.4. The Labute approximate surface area is 147 Å². The van der Waals surface area contributed by atoms with Crippen molar-refractivity contribution < 1.29 is 33.0 Å². The largest absolute Gasteiger partial charge is 0.465 e. The lowest BCUT2D eigenvalue weighted by molar-refractivity contribution is -0.144. The summed E-state index contributed by atoms with van der Waals surface area (Å²) in [6.07, 6.45) is -0.787. The number of esters is 1. The highest BCUT2D eigenvalue weighted by atomic mass is 31.2. The van der Waals surface area contributed by atoms with E-state index in [0.29, 0.717) is 18.8 Å². The lowest BCUT2D eigenvalue weighted by atomic mass is 10.2.